The first kappa shape index (κ1) is 21.6. The molecule has 1 N–H and O–H groups in total. The lowest BCUT2D eigenvalue weighted by atomic mass is 9.88. The van der Waals surface area contributed by atoms with Gasteiger partial charge in [-0.05, 0) is 31.4 Å². The van der Waals surface area contributed by atoms with Gasteiger partial charge in [-0.1, -0.05) is 43.0 Å². The summed E-state index contributed by atoms with van der Waals surface area (Å²) in [7, 11) is -3.82. The molecule has 2 fully saturated rings. The Morgan fingerprint density at radius 2 is 1.90 bits per heavy atom. The van der Waals surface area contributed by atoms with E-state index in [0.29, 0.717) is 0 Å². The summed E-state index contributed by atoms with van der Waals surface area (Å²) in [6.07, 6.45) is 4.49. The van der Waals surface area contributed by atoms with Crippen molar-refractivity contribution in [3.63, 3.8) is 0 Å². The monoisotopic (exact) mass is 437 g/mol. The smallest absolute Gasteiger partial charge is 0.243 e. The van der Waals surface area contributed by atoms with Crippen LogP contribution in [0.4, 0.5) is 0 Å². The fourth-order valence-corrected chi connectivity index (χ4v) is 6.42. The zero-order valence-corrected chi connectivity index (χ0v) is 17.6. The second-order valence-corrected chi connectivity index (χ2v) is 10.2. The first-order valence-electron chi connectivity index (χ1n) is 9.80. The molecule has 0 aromatic heterocycles. The first-order valence-corrected chi connectivity index (χ1v) is 11.7. The Morgan fingerprint density at radius 1 is 1.21 bits per heavy atom. The summed E-state index contributed by atoms with van der Waals surface area (Å²) < 4.78 is 26.4. The molecular weight excluding hydrogens is 414 g/mol. The van der Waals surface area contributed by atoms with Crippen LogP contribution in [0.5, 0.6) is 0 Å². The summed E-state index contributed by atoms with van der Waals surface area (Å²) in [5, 5.41) is 10.4. The molecule has 1 aromatic rings. The van der Waals surface area contributed by atoms with Crippen LogP contribution in [-0.2, 0) is 19.4 Å². The summed E-state index contributed by atoms with van der Waals surface area (Å²) in [4.78, 5) is 27.1. The predicted octanol–water partition coefficient (Wildman–Crippen LogP) is 2.30. The number of likely N-dealkylation sites (tertiary alicyclic amines) is 1. The molecule has 1 aromatic carbocycles. The van der Waals surface area contributed by atoms with Crippen molar-refractivity contribution in [1.29, 1.82) is 5.26 Å². The van der Waals surface area contributed by atoms with Crippen molar-refractivity contribution in [2.45, 2.75) is 54.7 Å². The van der Waals surface area contributed by atoms with Crippen LogP contribution >= 0.6 is 11.6 Å². The molecule has 1 heterocycles. The number of benzene rings is 1. The van der Waals surface area contributed by atoms with Gasteiger partial charge in [0.05, 0.1) is 21.2 Å². The minimum absolute atomic E-state index is 0.00909. The Bertz CT molecular complexity index is 922. The van der Waals surface area contributed by atoms with Gasteiger partial charge in [-0.3, -0.25) is 9.59 Å². The van der Waals surface area contributed by atoms with E-state index < -0.39 is 27.0 Å². The fourth-order valence-electron chi connectivity index (χ4n) is 4.20. The van der Waals surface area contributed by atoms with Crippen molar-refractivity contribution in [3.05, 3.63) is 29.3 Å². The number of halogens is 1. The third kappa shape index (κ3) is 4.57. The molecule has 1 saturated heterocycles. The molecule has 1 aliphatic heterocycles. The molecule has 1 aliphatic carbocycles. The number of hydrogen-bond donors (Lipinski definition) is 1. The average Bonchev–Trinajstić information content (AvgIpc) is 3.18. The summed E-state index contributed by atoms with van der Waals surface area (Å²) >= 11 is 6.10. The van der Waals surface area contributed by atoms with Gasteiger partial charge >= 0.3 is 0 Å². The number of sulfone groups is 1. The van der Waals surface area contributed by atoms with Crippen molar-refractivity contribution in [1.82, 2.24) is 10.2 Å². The van der Waals surface area contributed by atoms with E-state index in [-0.39, 0.29) is 41.3 Å². The van der Waals surface area contributed by atoms with E-state index in [4.69, 9.17) is 16.9 Å². The third-order valence-corrected chi connectivity index (χ3v) is 8.36. The van der Waals surface area contributed by atoms with Gasteiger partial charge in [-0.2, -0.15) is 5.26 Å². The number of carbonyl (C=O) groups excluding carboxylic acids is 2. The van der Waals surface area contributed by atoms with Crippen LogP contribution in [0.15, 0.2) is 29.2 Å². The highest BCUT2D eigenvalue weighted by molar-refractivity contribution is 7.92. The molecule has 0 spiro atoms. The highest BCUT2D eigenvalue weighted by Gasteiger charge is 2.46. The molecule has 9 heteroatoms. The Hall–Kier alpha value is -2.11. The SMILES string of the molecule is N#CCNC(=O)C1CC(S(=O)(=O)c2ccccc2Cl)CN1C(=O)C1CCCCC1. The molecule has 2 atom stereocenters. The van der Waals surface area contributed by atoms with Gasteiger partial charge in [0.15, 0.2) is 9.84 Å². The molecule has 7 nitrogen and oxygen atoms in total. The molecular formula is C20H24ClN3O4S. The number of nitrogens with zero attached hydrogens (tertiary/aromatic N) is 2. The lowest BCUT2D eigenvalue weighted by Gasteiger charge is -2.29. The van der Waals surface area contributed by atoms with Crippen molar-refractivity contribution in [2.24, 2.45) is 5.92 Å². The highest BCUT2D eigenvalue weighted by atomic mass is 35.5. The topological polar surface area (TPSA) is 107 Å². The van der Waals surface area contributed by atoms with Crippen LogP contribution in [0.3, 0.4) is 0 Å². The molecule has 2 aliphatic rings. The van der Waals surface area contributed by atoms with Crippen LogP contribution < -0.4 is 5.32 Å². The van der Waals surface area contributed by atoms with Crippen molar-refractivity contribution < 1.29 is 18.0 Å². The van der Waals surface area contributed by atoms with Gasteiger partial charge in [0.1, 0.15) is 12.6 Å². The largest absolute Gasteiger partial charge is 0.341 e. The number of nitrogens with one attached hydrogen (secondary N) is 1. The maximum Gasteiger partial charge on any atom is 0.243 e. The van der Waals surface area contributed by atoms with Gasteiger partial charge in [0.2, 0.25) is 11.8 Å². The van der Waals surface area contributed by atoms with E-state index in [9.17, 15) is 18.0 Å². The van der Waals surface area contributed by atoms with E-state index in [2.05, 4.69) is 5.32 Å². The van der Waals surface area contributed by atoms with Crippen LogP contribution in [0, 0.1) is 17.2 Å². The van der Waals surface area contributed by atoms with E-state index >= 15 is 0 Å². The zero-order valence-electron chi connectivity index (χ0n) is 16.0. The lowest BCUT2D eigenvalue weighted by molar-refractivity contribution is -0.142. The van der Waals surface area contributed by atoms with Crippen LogP contribution in [-0.4, -0.2) is 49.5 Å². The van der Waals surface area contributed by atoms with Gasteiger partial charge in [0.25, 0.3) is 0 Å². The number of rotatable bonds is 5. The van der Waals surface area contributed by atoms with Crippen LogP contribution in [0.2, 0.25) is 5.02 Å². The normalized spacial score (nSPS) is 22.8. The summed E-state index contributed by atoms with van der Waals surface area (Å²) in [6.45, 7) is -0.240. The summed E-state index contributed by atoms with van der Waals surface area (Å²) in [6, 6.07) is 7.11. The van der Waals surface area contributed by atoms with Crippen molar-refractivity contribution >= 4 is 33.3 Å². The number of amides is 2. The van der Waals surface area contributed by atoms with Crippen LogP contribution in [0.25, 0.3) is 0 Å². The van der Waals surface area contributed by atoms with E-state index in [1.807, 2.05) is 6.07 Å². The number of carbonyl (C=O) groups is 2. The summed E-state index contributed by atoms with van der Waals surface area (Å²) in [5.74, 6) is -0.844. The minimum Gasteiger partial charge on any atom is -0.341 e. The molecule has 29 heavy (non-hydrogen) atoms. The first-order chi connectivity index (χ1) is 13.9. The van der Waals surface area contributed by atoms with Gasteiger partial charge in [0, 0.05) is 12.5 Å². The standard InChI is InChI=1S/C20H24ClN3O4S/c21-16-8-4-5-9-18(16)29(27,28)15-12-17(19(25)23-11-10-22)24(13-15)20(26)14-6-2-1-3-7-14/h4-5,8-9,14-15,17H,1-3,6-7,11-13H2,(H,23,25). The van der Waals surface area contributed by atoms with E-state index in [0.717, 1.165) is 32.1 Å². The molecule has 3 rings (SSSR count). The Balaban J connectivity index is 1.88. The Morgan fingerprint density at radius 3 is 2.55 bits per heavy atom. The molecule has 2 amide bonds. The van der Waals surface area contributed by atoms with Crippen molar-refractivity contribution in [3.8, 4) is 6.07 Å². The Kier molecular flexibility index (Phi) is 6.81. The Labute approximate surface area is 175 Å². The summed E-state index contributed by atoms with van der Waals surface area (Å²) in [5.41, 5.74) is 0. The maximum absolute atomic E-state index is 13.2. The second-order valence-electron chi connectivity index (χ2n) is 7.55. The predicted molar refractivity (Wildman–Crippen MR) is 108 cm³/mol. The molecule has 2 unspecified atom stereocenters. The van der Waals surface area contributed by atoms with Gasteiger partial charge in [-0.15, -0.1) is 0 Å². The maximum atomic E-state index is 13.2. The van der Waals surface area contributed by atoms with E-state index in [1.54, 1.807) is 12.1 Å². The fraction of sp³-hybridized carbons (Fsp3) is 0.550. The highest BCUT2D eigenvalue weighted by Crippen LogP contribution is 2.34. The quantitative estimate of drug-likeness (QED) is 0.711. The van der Waals surface area contributed by atoms with Crippen molar-refractivity contribution in [2.75, 3.05) is 13.1 Å². The van der Waals surface area contributed by atoms with Gasteiger partial charge < -0.3 is 10.2 Å². The third-order valence-electron chi connectivity index (χ3n) is 5.73. The minimum atomic E-state index is -3.82. The second kappa shape index (κ2) is 9.14. The molecule has 0 radical (unpaired) electrons. The molecule has 156 valence electrons. The number of hydrogen-bond acceptors (Lipinski definition) is 5. The lowest BCUT2D eigenvalue weighted by Crippen LogP contribution is -2.48. The molecule has 0 bridgehead atoms. The van der Waals surface area contributed by atoms with E-state index in [1.165, 1.54) is 17.0 Å². The van der Waals surface area contributed by atoms with Gasteiger partial charge in [-0.25, -0.2) is 8.42 Å². The zero-order chi connectivity index (χ0) is 21.0. The van der Waals surface area contributed by atoms with Crippen LogP contribution in [0.1, 0.15) is 38.5 Å². The average molecular weight is 438 g/mol. The number of nitriles is 1. The molecule has 1 saturated carbocycles.